The van der Waals surface area contributed by atoms with E-state index in [9.17, 15) is 0 Å². The van der Waals surface area contributed by atoms with Crippen molar-refractivity contribution in [1.29, 1.82) is 0 Å². The summed E-state index contributed by atoms with van der Waals surface area (Å²) in [5.74, 6) is 0. The molecule has 7 aromatic carbocycles. The summed E-state index contributed by atoms with van der Waals surface area (Å²) in [5.41, 5.74) is 16.9. The smallest absolute Gasteiger partial charge is 0.0764 e. The Morgan fingerprint density at radius 3 is 2.04 bits per heavy atom. The first-order valence-corrected chi connectivity index (χ1v) is 17.7. The third-order valence-electron chi connectivity index (χ3n) is 11.5. The highest BCUT2D eigenvalue weighted by Gasteiger charge is 2.49. The van der Waals surface area contributed by atoms with Gasteiger partial charge in [-0.15, -0.1) is 0 Å². The molecule has 0 bridgehead atoms. The molecule has 226 valence electrons. The van der Waals surface area contributed by atoms with E-state index in [0.717, 1.165) is 0 Å². The Morgan fingerprint density at radius 2 is 1.12 bits per heavy atom. The molecule has 0 fully saturated rings. The predicted molar refractivity (Wildman–Crippen MR) is 200 cm³/mol. The Bertz CT molecular complexity index is 2690. The molecule has 1 spiro atoms. The third kappa shape index (κ3) is 3.10. The number of benzene rings is 7. The van der Waals surface area contributed by atoms with Crippen LogP contribution in [0.1, 0.15) is 47.2 Å². The molecule has 0 saturated heterocycles. The third-order valence-corrected chi connectivity index (χ3v) is 12.6. The number of fused-ring (bicyclic) bond motifs is 14. The second-order valence-corrected chi connectivity index (χ2v) is 15.1. The molecule has 1 aromatic heterocycles. The molecule has 0 amide bonds. The van der Waals surface area contributed by atoms with Gasteiger partial charge in [0, 0.05) is 26.0 Å². The number of para-hydroxylation sites is 3. The van der Waals surface area contributed by atoms with Crippen LogP contribution in [0.3, 0.4) is 0 Å². The van der Waals surface area contributed by atoms with E-state index in [1.807, 2.05) is 11.8 Å². The summed E-state index contributed by atoms with van der Waals surface area (Å²) in [7, 11) is 0. The SMILES string of the molecule is CC1(C)c2ccccc2-c2c(-c3ccc4c(c3)C3(c5ccccc5S4)c4ccccc4-n4c5ccccc5c5cccc3c54)cccc21. The fourth-order valence-corrected chi connectivity index (χ4v) is 10.7. The molecule has 1 unspecified atom stereocenters. The average Bonchev–Trinajstić information content (AvgIpc) is 3.60. The van der Waals surface area contributed by atoms with E-state index in [4.69, 9.17) is 0 Å². The molecule has 2 heteroatoms. The largest absolute Gasteiger partial charge is 0.309 e. The maximum absolute atomic E-state index is 2.54. The van der Waals surface area contributed by atoms with Crippen LogP contribution in [-0.4, -0.2) is 4.57 Å². The van der Waals surface area contributed by atoms with Crippen molar-refractivity contribution < 1.29 is 0 Å². The Morgan fingerprint density at radius 1 is 0.479 bits per heavy atom. The van der Waals surface area contributed by atoms with Crippen LogP contribution >= 0.6 is 11.8 Å². The molecule has 1 atom stereocenters. The van der Waals surface area contributed by atoms with Gasteiger partial charge in [-0.1, -0.05) is 147 Å². The summed E-state index contributed by atoms with van der Waals surface area (Å²) in [6.07, 6.45) is 0. The molecule has 8 aromatic rings. The summed E-state index contributed by atoms with van der Waals surface area (Å²) in [6.45, 7) is 4.74. The molecule has 0 saturated carbocycles. The summed E-state index contributed by atoms with van der Waals surface area (Å²) in [4.78, 5) is 2.65. The molecule has 48 heavy (non-hydrogen) atoms. The highest BCUT2D eigenvalue weighted by Crippen LogP contribution is 2.61. The van der Waals surface area contributed by atoms with Gasteiger partial charge in [0.2, 0.25) is 0 Å². The first-order chi connectivity index (χ1) is 23.6. The number of rotatable bonds is 1. The molecule has 3 aliphatic rings. The van der Waals surface area contributed by atoms with Gasteiger partial charge in [-0.25, -0.2) is 0 Å². The van der Waals surface area contributed by atoms with Crippen molar-refractivity contribution in [3.8, 4) is 27.9 Å². The van der Waals surface area contributed by atoms with Crippen LogP contribution in [0.2, 0.25) is 0 Å². The first-order valence-electron chi connectivity index (χ1n) is 16.9. The van der Waals surface area contributed by atoms with E-state index < -0.39 is 5.41 Å². The average molecular weight is 630 g/mol. The standard InChI is InChI=1S/C46H31NS/c1-45(2)33-17-5-3-14-32(33)43-29(15-11-20-36(43)45)28-25-26-42-38(27-28)46(35-19-7-10-24-41(35)48-42)34-18-6-9-23-40(34)47-39-22-8-4-13-30(39)31-16-12-21-37(46)44(31)47/h3-27H,1-2H3. The number of hydrogen-bond acceptors (Lipinski definition) is 1. The fourth-order valence-electron chi connectivity index (χ4n) is 9.49. The zero-order valence-corrected chi connectivity index (χ0v) is 27.6. The molecule has 1 nitrogen and oxygen atoms in total. The Hall–Kier alpha value is -5.31. The first kappa shape index (κ1) is 26.7. The zero-order valence-electron chi connectivity index (χ0n) is 26.8. The van der Waals surface area contributed by atoms with Gasteiger partial charge in [0.25, 0.3) is 0 Å². The van der Waals surface area contributed by atoms with Gasteiger partial charge in [0.15, 0.2) is 0 Å². The van der Waals surface area contributed by atoms with Gasteiger partial charge in [0.05, 0.1) is 22.1 Å². The van der Waals surface area contributed by atoms with Crippen molar-refractivity contribution in [1.82, 2.24) is 4.57 Å². The van der Waals surface area contributed by atoms with Gasteiger partial charge in [-0.2, -0.15) is 0 Å². The maximum Gasteiger partial charge on any atom is 0.0764 e. The van der Waals surface area contributed by atoms with Gasteiger partial charge >= 0.3 is 0 Å². The highest BCUT2D eigenvalue weighted by molar-refractivity contribution is 7.99. The molecule has 3 heterocycles. The lowest BCUT2D eigenvalue weighted by Gasteiger charge is -2.45. The van der Waals surface area contributed by atoms with Crippen molar-refractivity contribution in [2.75, 3.05) is 0 Å². The molecule has 11 rings (SSSR count). The normalized spacial score (nSPS) is 17.5. The minimum Gasteiger partial charge on any atom is -0.309 e. The quantitative estimate of drug-likeness (QED) is 0.175. The van der Waals surface area contributed by atoms with Crippen molar-refractivity contribution in [3.05, 3.63) is 185 Å². The highest BCUT2D eigenvalue weighted by atomic mass is 32.2. The summed E-state index contributed by atoms with van der Waals surface area (Å²) < 4.78 is 2.53. The van der Waals surface area contributed by atoms with E-state index in [1.165, 1.54) is 92.9 Å². The van der Waals surface area contributed by atoms with Crippen LogP contribution in [0, 0.1) is 0 Å². The zero-order chi connectivity index (χ0) is 31.8. The molecule has 0 radical (unpaired) electrons. The van der Waals surface area contributed by atoms with Crippen LogP contribution in [0.25, 0.3) is 49.7 Å². The van der Waals surface area contributed by atoms with Crippen molar-refractivity contribution >= 4 is 33.6 Å². The van der Waals surface area contributed by atoms with E-state index in [1.54, 1.807) is 0 Å². The summed E-state index contributed by atoms with van der Waals surface area (Å²) >= 11 is 1.91. The van der Waals surface area contributed by atoms with Gasteiger partial charge < -0.3 is 4.57 Å². The molecule has 1 aliphatic carbocycles. The van der Waals surface area contributed by atoms with Gasteiger partial charge in [-0.3, -0.25) is 0 Å². The summed E-state index contributed by atoms with van der Waals surface area (Å²) in [6, 6.07) is 57.4. The Labute approximate surface area is 284 Å². The summed E-state index contributed by atoms with van der Waals surface area (Å²) in [5, 5.41) is 2.61. The van der Waals surface area contributed by atoms with Crippen molar-refractivity contribution in [2.45, 2.75) is 34.5 Å². The minimum atomic E-state index is -0.483. The Balaban J connectivity index is 1.29. The lowest BCUT2D eigenvalue weighted by atomic mass is 9.62. The number of nitrogens with zero attached hydrogens (tertiary/aromatic N) is 1. The molecular formula is C46H31NS. The molecule has 0 N–H and O–H groups in total. The fraction of sp³-hybridized carbons (Fsp3) is 0.0870. The van der Waals surface area contributed by atoms with Crippen LogP contribution in [0.5, 0.6) is 0 Å². The van der Waals surface area contributed by atoms with Crippen LogP contribution in [0.4, 0.5) is 0 Å². The van der Waals surface area contributed by atoms with Crippen LogP contribution in [-0.2, 0) is 10.8 Å². The second-order valence-electron chi connectivity index (χ2n) is 14.0. The van der Waals surface area contributed by atoms with Crippen LogP contribution < -0.4 is 0 Å². The minimum absolute atomic E-state index is 0.0441. The van der Waals surface area contributed by atoms with Gasteiger partial charge in [-0.05, 0) is 86.0 Å². The maximum atomic E-state index is 2.54. The Kier molecular flexibility index (Phi) is 5.11. The second kappa shape index (κ2) is 9.18. The van der Waals surface area contributed by atoms with Gasteiger partial charge in [0.1, 0.15) is 0 Å². The molecular weight excluding hydrogens is 599 g/mol. The van der Waals surface area contributed by atoms with E-state index in [-0.39, 0.29) is 5.41 Å². The van der Waals surface area contributed by atoms with E-state index in [0.29, 0.717) is 0 Å². The lowest BCUT2D eigenvalue weighted by molar-refractivity contribution is 0.660. The number of hydrogen-bond donors (Lipinski definition) is 0. The van der Waals surface area contributed by atoms with Crippen molar-refractivity contribution in [3.63, 3.8) is 0 Å². The van der Waals surface area contributed by atoms with Crippen molar-refractivity contribution in [2.24, 2.45) is 0 Å². The molecule has 2 aliphatic heterocycles. The lowest BCUT2D eigenvalue weighted by Crippen LogP contribution is -2.37. The van der Waals surface area contributed by atoms with E-state index >= 15 is 0 Å². The monoisotopic (exact) mass is 629 g/mol. The topological polar surface area (TPSA) is 4.93 Å². The number of aromatic nitrogens is 1. The predicted octanol–water partition coefficient (Wildman–Crippen LogP) is 11.9. The van der Waals surface area contributed by atoms with Crippen LogP contribution in [0.15, 0.2) is 161 Å². The van der Waals surface area contributed by atoms with E-state index in [2.05, 4.69) is 170 Å².